The van der Waals surface area contributed by atoms with Crippen LogP contribution in [-0.2, 0) is 4.79 Å². The molecule has 1 aliphatic rings. The number of anilines is 1. The number of carbonyl (C=O) groups excluding carboxylic acids is 1. The molecule has 0 unspecified atom stereocenters. The molecule has 2 aromatic carbocycles. The van der Waals surface area contributed by atoms with Crippen molar-refractivity contribution in [3.8, 4) is 16.9 Å². The van der Waals surface area contributed by atoms with Gasteiger partial charge in [-0.15, -0.1) is 0 Å². The molecule has 1 atom stereocenters. The zero-order chi connectivity index (χ0) is 30.2. The molecule has 1 aliphatic carbocycles. The Morgan fingerprint density at radius 2 is 1.95 bits per heavy atom. The molecular formula is C32H35ClN6O4. The van der Waals surface area contributed by atoms with E-state index in [0.29, 0.717) is 46.7 Å². The maximum absolute atomic E-state index is 13.3. The number of hydrogen-bond acceptors (Lipinski definition) is 8. The van der Waals surface area contributed by atoms with Gasteiger partial charge in [-0.25, -0.2) is 9.97 Å². The van der Waals surface area contributed by atoms with E-state index < -0.39 is 6.04 Å². The Balaban J connectivity index is 1.40. The molecule has 10 nitrogen and oxygen atoms in total. The van der Waals surface area contributed by atoms with Gasteiger partial charge in [0.05, 0.1) is 42.3 Å². The molecule has 0 saturated heterocycles. The molecule has 1 fully saturated rings. The largest absolute Gasteiger partial charge is 0.496 e. The number of methoxy groups -OCH3 is 1. The number of aromatic nitrogens is 4. The van der Waals surface area contributed by atoms with Crippen molar-refractivity contribution in [2.75, 3.05) is 12.4 Å². The molecule has 11 heteroatoms. The lowest BCUT2D eigenvalue weighted by Gasteiger charge is -2.27. The van der Waals surface area contributed by atoms with Crippen molar-refractivity contribution in [3.05, 3.63) is 64.3 Å². The molecule has 1 saturated carbocycles. The highest BCUT2D eigenvalue weighted by Gasteiger charge is 2.25. The highest BCUT2D eigenvalue weighted by atomic mass is 35.5. The van der Waals surface area contributed by atoms with E-state index in [1.807, 2.05) is 57.2 Å². The second kappa shape index (κ2) is 11.9. The number of hydrogen-bond donors (Lipinski definition) is 4. The smallest absolute Gasteiger partial charge is 0.222 e. The minimum atomic E-state index is -0.418. The maximum Gasteiger partial charge on any atom is 0.222 e. The number of benzene rings is 2. The number of nitrogens with one attached hydrogen (secondary N) is 3. The quantitative estimate of drug-likeness (QED) is 0.162. The second-order valence-corrected chi connectivity index (χ2v) is 11.7. The van der Waals surface area contributed by atoms with Crippen molar-refractivity contribution in [3.63, 3.8) is 0 Å². The van der Waals surface area contributed by atoms with Crippen LogP contribution in [0.3, 0.4) is 0 Å². The molecule has 1 amide bonds. The van der Waals surface area contributed by atoms with Gasteiger partial charge in [0.2, 0.25) is 5.91 Å². The molecule has 3 heterocycles. The van der Waals surface area contributed by atoms with Gasteiger partial charge in [0.25, 0.3) is 0 Å². The SMILES string of the molecule is COc1cc2c(cc1-c1c(C)noc1C)[nH]c1nc(C)nc(N[C@H](CC(=O)NC3CCC(O)CC3)c3cccc(Cl)c3)c12. The number of rotatable bonds is 8. The topological polar surface area (TPSA) is 138 Å². The van der Waals surface area contributed by atoms with Gasteiger partial charge in [0, 0.05) is 27.5 Å². The summed E-state index contributed by atoms with van der Waals surface area (Å²) in [6.07, 6.45) is 2.81. The van der Waals surface area contributed by atoms with Crippen molar-refractivity contribution in [2.24, 2.45) is 0 Å². The number of halogens is 1. The zero-order valence-corrected chi connectivity index (χ0v) is 25.4. The van der Waals surface area contributed by atoms with Crippen LogP contribution in [0.1, 0.15) is 61.0 Å². The third-order valence-electron chi connectivity index (χ3n) is 8.20. The predicted octanol–water partition coefficient (Wildman–Crippen LogP) is 6.32. The molecule has 224 valence electrons. The molecule has 3 aromatic heterocycles. The van der Waals surface area contributed by atoms with Crippen molar-refractivity contribution in [2.45, 2.75) is 71.1 Å². The first-order valence-electron chi connectivity index (χ1n) is 14.5. The summed E-state index contributed by atoms with van der Waals surface area (Å²) in [4.78, 5) is 26.3. The Labute approximate surface area is 254 Å². The van der Waals surface area contributed by atoms with Gasteiger partial charge in [0.15, 0.2) is 0 Å². The van der Waals surface area contributed by atoms with Crippen LogP contribution in [0.15, 0.2) is 40.9 Å². The minimum Gasteiger partial charge on any atom is -0.496 e. The fraction of sp³-hybridized carbons (Fsp3) is 0.375. The maximum atomic E-state index is 13.3. The molecule has 6 rings (SSSR count). The third kappa shape index (κ3) is 5.89. The summed E-state index contributed by atoms with van der Waals surface area (Å²) in [5, 5.41) is 23.0. The number of H-pyrrole nitrogens is 1. The van der Waals surface area contributed by atoms with Crippen molar-refractivity contribution in [1.82, 2.24) is 25.4 Å². The van der Waals surface area contributed by atoms with E-state index in [-0.39, 0.29) is 24.5 Å². The number of fused-ring (bicyclic) bond motifs is 3. The van der Waals surface area contributed by atoms with E-state index in [0.717, 1.165) is 51.5 Å². The lowest BCUT2D eigenvalue weighted by atomic mass is 9.93. The number of amides is 1. The van der Waals surface area contributed by atoms with Gasteiger partial charge in [-0.1, -0.05) is 28.9 Å². The number of aromatic amines is 1. The van der Waals surface area contributed by atoms with Crippen molar-refractivity contribution < 1.29 is 19.2 Å². The summed E-state index contributed by atoms with van der Waals surface area (Å²) in [5.41, 5.74) is 4.90. The Morgan fingerprint density at radius 3 is 2.65 bits per heavy atom. The van der Waals surface area contributed by atoms with E-state index in [4.69, 9.17) is 30.8 Å². The molecule has 5 aromatic rings. The van der Waals surface area contributed by atoms with Crippen LogP contribution in [0.2, 0.25) is 5.02 Å². The number of ether oxygens (including phenoxy) is 1. The lowest BCUT2D eigenvalue weighted by Crippen LogP contribution is -2.39. The summed E-state index contributed by atoms with van der Waals surface area (Å²) in [5.74, 6) is 2.47. The second-order valence-electron chi connectivity index (χ2n) is 11.3. The highest BCUT2D eigenvalue weighted by Crippen LogP contribution is 2.41. The van der Waals surface area contributed by atoms with E-state index >= 15 is 0 Å². The first-order valence-corrected chi connectivity index (χ1v) is 14.9. The Bertz CT molecular complexity index is 1790. The summed E-state index contributed by atoms with van der Waals surface area (Å²) < 4.78 is 11.3. The number of aliphatic hydroxyl groups excluding tert-OH is 1. The first-order chi connectivity index (χ1) is 20.7. The third-order valence-corrected chi connectivity index (χ3v) is 8.43. The molecular weight excluding hydrogens is 568 g/mol. The Hall–Kier alpha value is -4.15. The van der Waals surface area contributed by atoms with Gasteiger partial charge in [-0.05, 0) is 76.3 Å². The standard InChI is InChI=1S/C32H35ClN6O4/c1-16-29(17(2)43-39-16)24-13-26-23(14-27(24)42-4)30-31(34-18(3)35-32(30)38-26)37-25(19-6-5-7-20(33)12-19)15-28(41)36-21-8-10-22(40)11-9-21/h5-7,12-14,21-22,25,40H,8-11,15H2,1-4H3,(H,36,41)(H2,34,35,37,38)/t21?,22?,25-/m1/s1. The van der Waals surface area contributed by atoms with Crippen LogP contribution >= 0.6 is 11.6 Å². The fourth-order valence-corrected chi connectivity index (χ4v) is 6.30. The monoisotopic (exact) mass is 602 g/mol. The average molecular weight is 603 g/mol. The molecule has 0 bridgehead atoms. The normalized spacial score (nSPS) is 17.7. The highest BCUT2D eigenvalue weighted by molar-refractivity contribution is 6.30. The van der Waals surface area contributed by atoms with Gasteiger partial charge < -0.3 is 30.0 Å². The van der Waals surface area contributed by atoms with E-state index in [2.05, 4.69) is 20.8 Å². The van der Waals surface area contributed by atoms with Gasteiger partial charge in [-0.2, -0.15) is 0 Å². The van der Waals surface area contributed by atoms with E-state index in [1.165, 1.54) is 0 Å². The molecule has 4 N–H and O–H groups in total. The first kappa shape index (κ1) is 28.9. The molecule has 0 radical (unpaired) electrons. The summed E-state index contributed by atoms with van der Waals surface area (Å²) in [7, 11) is 1.64. The van der Waals surface area contributed by atoms with Crippen LogP contribution < -0.4 is 15.4 Å². The van der Waals surface area contributed by atoms with Gasteiger partial charge in [-0.3, -0.25) is 4.79 Å². The number of nitrogens with zero attached hydrogens (tertiary/aromatic N) is 3. The van der Waals surface area contributed by atoms with E-state index in [1.54, 1.807) is 7.11 Å². The number of aryl methyl sites for hydroxylation is 3. The summed E-state index contributed by atoms with van der Waals surface area (Å²) in [6.45, 7) is 5.62. The van der Waals surface area contributed by atoms with Crippen molar-refractivity contribution in [1.29, 1.82) is 0 Å². The Morgan fingerprint density at radius 1 is 1.16 bits per heavy atom. The summed E-state index contributed by atoms with van der Waals surface area (Å²) >= 11 is 6.38. The van der Waals surface area contributed by atoms with Crippen molar-refractivity contribution >= 4 is 45.3 Å². The predicted molar refractivity (Wildman–Crippen MR) is 166 cm³/mol. The van der Waals surface area contributed by atoms with Crippen LogP contribution in [0.25, 0.3) is 33.1 Å². The van der Waals surface area contributed by atoms with Gasteiger partial charge in [0.1, 0.15) is 28.8 Å². The minimum absolute atomic E-state index is 0.0527. The van der Waals surface area contributed by atoms with Crippen LogP contribution in [0.5, 0.6) is 5.75 Å². The average Bonchev–Trinajstić information content (AvgIpc) is 3.50. The van der Waals surface area contributed by atoms with Crippen LogP contribution in [0, 0.1) is 20.8 Å². The van der Waals surface area contributed by atoms with Crippen LogP contribution in [-0.4, -0.2) is 50.4 Å². The van der Waals surface area contributed by atoms with Crippen LogP contribution in [0.4, 0.5) is 5.82 Å². The number of carbonyl (C=O) groups is 1. The Kier molecular flexibility index (Phi) is 7.98. The summed E-state index contributed by atoms with van der Waals surface area (Å²) in [6, 6.07) is 11.1. The van der Waals surface area contributed by atoms with E-state index in [9.17, 15) is 9.90 Å². The fourth-order valence-electron chi connectivity index (χ4n) is 6.10. The number of aliphatic hydroxyl groups is 1. The zero-order valence-electron chi connectivity index (χ0n) is 24.6. The molecule has 0 spiro atoms. The molecule has 0 aliphatic heterocycles. The molecule has 43 heavy (non-hydrogen) atoms. The lowest BCUT2D eigenvalue weighted by molar-refractivity contribution is -0.122. The van der Waals surface area contributed by atoms with Gasteiger partial charge >= 0.3 is 0 Å².